The number of rotatable bonds is 4. The average Bonchev–Trinajstić information content (AvgIpc) is 2.19. The fourth-order valence-corrected chi connectivity index (χ4v) is 2.36. The second-order valence-electron chi connectivity index (χ2n) is 3.81. The molecule has 0 bridgehead atoms. The summed E-state index contributed by atoms with van der Waals surface area (Å²) >= 11 is 1.93. The van der Waals surface area contributed by atoms with Crippen LogP contribution in [0.3, 0.4) is 0 Å². The van der Waals surface area contributed by atoms with E-state index in [1.54, 1.807) is 0 Å². The lowest BCUT2D eigenvalue weighted by Crippen LogP contribution is -2.42. The van der Waals surface area contributed by atoms with Gasteiger partial charge in [0.05, 0.1) is 0 Å². The molecule has 4 heteroatoms. The lowest BCUT2D eigenvalue weighted by atomic mass is 10.2. The molecule has 0 aromatic heterocycles. The predicted octanol–water partition coefficient (Wildman–Crippen LogP) is 0.996. The van der Waals surface area contributed by atoms with Crippen LogP contribution in [0.1, 0.15) is 26.7 Å². The SMILES string of the molecule is CCC(C)NC(=O)CC1CSCCN1. The Labute approximate surface area is 90.4 Å². The maximum absolute atomic E-state index is 11.5. The Bertz CT molecular complexity index is 181. The van der Waals surface area contributed by atoms with E-state index in [1.165, 1.54) is 5.75 Å². The number of nitrogens with one attached hydrogen (secondary N) is 2. The molecule has 1 aliphatic heterocycles. The molecular formula is C10H20N2OS. The Morgan fingerprint density at radius 3 is 3.07 bits per heavy atom. The van der Waals surface area contributed by atoms with Gasteiger partial charge in [0.2, 0.25) is 5.91 Å². The van der Waals surface area contributed by atoms with Crippen LogP contribution in [0, 0.1) is 0 Å². The van der Waals surface area contributed by atoms with Crippen molar-refractivity contribution in [1.29, 1.82) is 0 Å². The average molecular weight is 216 g/mol. The van der Waals surface area contributed by atoms with Crippen LogP contribution in [0.5, 0.6) is 0 Å². The number of thioether (sulfide) groups is 1. The van der Waals surface area contributed by atoms with Gasteiger partial charge in [-0.05, 0) is 13.3 Å². The Hall–Kier alpha value is -0.220. The zero-order valence-electron chi connectivity index (χ0n) is 9.01. The highest BCUT2D eigenvalue weighted by molar-refractivity contribution is 7.99. The molecule has 2 atom stereocenters. The number of carbonyl (C=O) groups excluding carboxylic acids is 1. The third kappa shape index (κ3) is 4.33. The first kappa shape index (κ1) is 11.9. The number of amides is 1. The molecule has 0 radical (unpaired) electrons. The Kier molecular flexibility index (Phi) is 5.33. The van der Waals surface area contributed by atoms with E-state index in [9.17, 15) is 4.79 Å². The van der Waals surface area contributed by atoms with Crippen LogP contribution in [0.4, 0.5) is 0 Å². The van der Waals surface area contributed by atoms with E-state index >= 15 is 0 Å². The maximum atomic E-state index is 11.5. The first-order valence-corrected chi connectivity index (χ1v) is 6.48. The van der Waals surface area contributed by atoms with E-state index in [4.69, 9.17) is 0 Å². The predicted molar refractivity (Wildman–Crippen MR) is 61.6 cm³/mol. The van der Waals surface area contributed by atoms with Crippen molar-refractivity contribution in [2.75, 3.05) is 18.1 Å². The number of hydrogen-bond acceptors (Lipinski definition) is 3. The third-order valence-corrected chi connectivity index (χ3v) is 3.58. The molecule has 3 nitrogen and oxygen atoms in total. The van der Waals surface area contributed by atoms with Crippen LogP contribution in [0.15, 0.2) is 0 Å². The summed E-state index contributed by atoms with van der Waals surface area (Å²) < 4.78 is 0. The van der Waals surface area contributed by atoms with Gasteiger partial charge in [0.25, 0.3) is 0 Å². The van der Waals surface area contributed by atoms with Crippen molar-refractivity contribution in [1.82, 2.24) is 10.6 Å². The summed E-state index contributed by atoms with van der Waals surface area (Å²) in [4.78, 5) is 11.5. The molecule has 1 fully saturated rings. The van der Waals surface area contributed by atoms with Gasteiger partial charge in [-0.25, -0.2) is 0 Å². The highest BCUT2D eigenvalue weighted by Gasteiger charge is 2.17. The number of carbonyl (C=O) groups is 1. The van der Waals surface area contributed by atoms with Crippen molar-refractivity contribution >= 4 is 17.7 Å². The molecule has 0 saturated carbocycles. The van der Waals surface area contributed by atoms with Gasteiger partial charge < -0.3 is 10.6 Å². The van der Waals surface area contributed by atoms with Crippen LogP contribution in [0.2, 0.25) is 0 Å². The monoisotopic (exact) mass is 216 g/mol. The van der Waals surface area contributed by atoms with Gasteiger partial charge in [0.15, 0.2) is 0 Å². The molecule has 0 aromatic rings. The minimum Gasteiger partial charge on any atom is -0.354 e. The quantitative estimate of drug-likeness (QED) is 0.736. The molecule has 1 saturated heterocycles. The second-order valence-corrected chi connectivity index (χ2v) is 4.96. The van der Waals surface area contributed by atoms with Gasteiger partial charge in [-0.3, -0.25) is 4.79 Å². The molecule has 1 heterocycles. The fourth-order valence-electron chi connectivity index (χ4n) is 1.41. The first-order valence-electron chi connectivity index (χ1n) is 5.33. The van der Waals surface area contributed by atoms with E-state index in [0.717, 1.165) is 18.7 Å². The first-order chi connectivity index (χ1) is 6.72. The van der Waals surface area contributed by atoms with Crippen LogP contribution in [-0.4, -0.2) is 36.0 Å². The summed E-state index contributed by atoms with van der Waals surface area (Å²) in [5, 5.41) is 6.35. The van der Waals surface area contributed by atoms with Crippen LogP contribution in [-0.2, 0) is 4.79 Å². The highest BCUT2D eigenvalue weighted by Crippen LogP contribution is 2.10. The van der Waals surface area contributed by atoms with Crippen molar-refractivity contribution < 1.29 is 4.79 Å². The zero-order chi connectivity index (χ0) is 10.4. The van der Waals surface area contributed by atoms with Crippen molar-refractivity contribution in [3.8, 4) is 0 Å². The molecule has 0 aliphatic carbocycles. The summed E-state index contributed by atoms with van der Waals surface area (Å²) in [7, 11) is 0. The lowest BCUT2D eigenvalue weighted by molar-refractivity contribution is -0.122. The second kappa shape index (κ2) is 6.30. The molecule has 14 heavy (non-hydrogen) atoms. The van der Waals surface area contributed by atoms with Crippen molar-refractivity contribution in [3.05, 3.63) is 0 Å². The maximum Gasteiger partial charge on any atom is 0.221 e. The zero-order valence-corrected chi connectivity index (χ0v) is 9.82. The van der Waals surface area contributed by atoms with Gasteiger partial charge in [0.1, 0.15) is 0 Å². The van der Waals surface area contributed by atoms with E-state index in [-0.39, 0.29) is 5.91 Å². The summed E-state index contributed by atoms with van der Waals surface area (Å²) in [6.45, 7) is 5.16. The van der Waals surface area contributed by atoms with Crippen molar-refractivity contribution in [2.24, 2.45) is 0 Å². The summed E-state index contributed by atoms with van der Waals surface area (Å²) in [5.41, 5.74) is 0. The molecule has 0 aromatic carbocycles. The fraction of sp³-hybridized carbons (Fsp3) is 0.900. The molecule has 1 amide bonds. The van der Waals surface area contributed by atoms with Gasteiger partial charge in [-0.15, -0.1) is 0 Å². The third-order valence-electron chi connectivity index (χ3n) is 2.45. The molecule has 0 spiro atoms. The van der Waals surface area contributed by atoms with Gasteiger partial charge in [-0.2, -0.15) is 11.8 Å². The number of hydrogen-bond donors (Lipinski definition) is 2. The van der Waals surface area contributed by atoms with Crippen LogP contribution < -0.4 is 10.6 Å². The topological polar surface area (TPSA) is 41.1 Å². The standard InChI is InChI=1S/C10H20N2OS/c1-3-8(2)12-10(13)6-9-7-14-5-4-11-9/h8-9,11H,3-7H2,1-2H3,(H,12,13). The van der Waals surface area contributed by atoms with E-state index in [2.05, 4.69) is 17.6 Å². The summed E-state index contributed by atoms with van der Waals surface area (Å²) in [5.74, 6) is 2.41. The Morgan fingerprint density at radius 1 is 1.71 bits per heavy atom. The molecule has 2 N–H and O–H groups in total. The van der Waals surface area contributed by atoms with E-state index < -0.39 is 0 Å². The largest absolute Gasteiger partial charge is 0.354 e. The normalized spacial score (nSPS) is 24.3. The molecular weight excluding hydrogens is 196 g/mol. The molecule has 1 rings (SSSR count). The Morgan fingerprint density at radius 2 is 2.50 bits per heavy atom. The molecule has 1 aliphatic rings. The van der Waals surface area contributed by atoms with Gasteiger partial charge in [-0.1, -0.05) is 6.92 Å². The van der Waals surface area contributed by atoms with Gasteiger partial charge in [0, 0.05) is 36.6 Å². The highest BCUT2D eigenvalue weighted by atomic mass is 32.2. The van der Waals surface area contributed by atoms with Gasteiger partial charge >= 0.3 is 0 Å². The van der Waals surface area contributed by atoms with Crippen molar-refractivity contribution in [3.63, 3.8) is 0 Å². The van der Waals surface area contributed by atoms with Crippen LogP contribution in [0.25, 0.3) is 0 Å². The van der Waals surface area contributed by atoms with E-state index in [1.807, 2.05) is 18.7 Å². The van der Waals surface area contributed by atoms with Crippen LogP contribution >= 0.6 is 11.8 Å². The summed E-state index contributed by atoms with van der Waals surface area (Å²) in [6.07, 6.45) is 1.62. The van der Waals surface area contributed by atoms with E-state index in [0.29, 0.717) is 18.5 Å². The minimum atomic E-state index is 0.180. The van der Waals surface area contributed by atoms with Crippen molar-refractivity contribution in [2.45, 2.75) is 38.8 Å². The minimum absolute atomic E-state index is 0.180. The molecule has 2 unspecified atom stereocenters. The lowest BCUT2D eigenvalue weighted by Gasteiger charge is -2.23. The smallest absolute Gasteiger partial charge is 0.221 e. The molecule has 82 valence electrons. The summed E-state index contributed by atoms with van der Waals surface area (Å²) in [6, 6.07) is 0.677. The Balaban J connectivity index is 2.18.